The molecule has 3 rings (SSSR count). The Labute approximate surface area is 74.7 Å². The summed E-state index contributed by atoms with van der Waals surface area (Å²) in [6.45, 7) is 0. The van der Waals surface area contributed by atoms with Gasteiger partial charge in [0.2, 0.25) is 0 Å². The van der Waals surface area contributed by atoms with Crippen molar-refractivity contribution in [3.63, 3.8) is 0 Å². The van der Waals surface area contributed by atoms with Gasteiger partial charge >= 0.3 is 0 Å². The molecular weight excluding hydrogens is 162 g/mol. The molecule has 0 saturated heterocycles. The number of para-hydroxylation sites is 1. The molecule has 0 radical (unpaired) electrons. The standard InChI is InChI=1S/C10H7N3/c1-2-4-9-8(3-1)5-12-10-6-11-7-13(9)10/h1-7H. The molecule has 3 aromatic rings. The molecule has 0 N–H and O–H groups in total. The lowest BCUT2D eigenvalue weighted by Gasteiger charge is -1.99. The Morgan fingerprint density at radius 2 is 2.00 bits per heavy atom. The van der Waals surface area contributed by atoms with Crippen LogP contribution >= 0.6 is 0 Å². The Hall–Kier alpha value is -1.90. The summed E-state index contributed by atoms with van der Waals surface area (Å²) < 4.78 is 1.98. The summed E-state index contributed by atoms with van der Waals surface area (Å²) in [5, 5.41) is 1.13. The zero-order chi connectivity index (χ0) is 8.67. The van der Waals surface area contributed by atoms with Gasteiger partial charge in [0.05, 0.1) is 11.7 Å². The van der Waals surface area contributed by atoms with Crippen molar-refractivity contribution in [3.05, 3.63) is 43.0 Å². The molecule has 62 valence electrons. The highest BCUT2D eigenvalue weighted by Crippen LogP contribution is 2.13. The molecule has 2 aromatic heterocycles. The van der Waals surface area contributed by atoms with Gasteiger partial charge in [-0.05, 0) is 6.07 Å². The predicted molar refractivity (Wildman–Crippen MR) is 50.5 cm³/mol. The molecule has 2 heterocycles. The molecule has 3 heteroatoms. The fraction of sp³-hybridized carbons (Fsp3) is 0. The van der Waals surface area contributed by atoms with E-state index in [0.29, 0.717) is 0 Å². The Bertz CT molecular complexity index is 568. The molecule has 0 amide bonds. The van der Waals surface area contributed by atoms with Crippen molar-refractivity contribution in [3.8, 4) is 0 Å². The largest absolute Gasteiger partial charge is 0.283 e. The molecule has 13 heavy (non-hydrogen) atoms. The van der Waals surface area contributed by atoms with E-state index in [2.05, 4.69) is 16.0 Å². The first kappa shape index (κ1) is 6.60. The Morgan fingerprint density at radius 3 is 3.00 bits per heavy atom. The van der Waals surface area contributed by atoms with Crippen LogP contribution in [0.25, 0.3) is 16.6 Å². The summed E-state index contributed by atoms with van der Waals surface area (Å²) in [5.41, 5.74) is 2.03. The van der Waals surface area contributed by atoms with Crippen molar-refractivity contribution in [2.45, 2.75) is 0 Å². The first-order valence-corrected chi connectivity index (χ1v) is 4.11. The summed E-state index contributed by atoms with van der Waals surface area (Å²) >= 11 is 0. The van der Waals surface area contributed by atoms with Crippen LogP contribution in [0.5, 0.6) is 0 Å². The lowest BCUT2D eigenvalue weighted by atomic mass is 10.2. The van der Waals surface area contributed by atoms with E-state index in [9.17, 15) is 0 Å². The maximum absolute atomic E-state index is 4.27. The number of imidazole rings is 1. The Morgan fingerprint density at radius 1 is 1.08 bits per heavy atom. The first-order chi connectivity index (χ1) is 6.45. The van der Waals surface area contributed by atoms with E-state index in [1.54, 1.807) is 12.5 Å². The van der Waals surface area contributed by atoms with E-state index < -0.39 is 0 Å². The van der Waals surface area contributed by atoms with Crippen molar-refractivity contribution >= 4 is 16.6 Å². The zero-order valence-corrected chi connectivity index (χ0v) is 6.88. The van der Waals surface area contributed by atoms with E-state index in [-0.39, 0.29) is 0 Å². The van der Waals surface area contributed by atoms with Gasteiger partial charge in [0.1, 0.15) is 6.33 Å². The fourth-order valence-electron chi connectivity index (χ4n) is 1.52. The van der Waals surface area contributed by atoms with Gasteiger partial charge in [-0.15, -0.1) is 0 Å². The normalized spacial score (nSPS) is 11.1. The van der Waals surface area contributed by atoms with Crippen molar-refractivity contribution in [1.82, 2.24) is 14.4 Å². The number of nitrogens with zero attached hydrogens (tertiary/aromatic N) is 3. The van der Waals surface area contributed by atoms with Gasteiger partial charge in [0, 0.05) is 11.6 Å². The minimum atomic E-state index is 0.888. The van der Waals surface area contributed by atoms with Crippen LogP contribution in [0.2, 0.25) is 0 Å². The third-order valence-corrected chi connectivity index (χ3v) is 2.15. The summed E-state index contributed by atoms with van der Waals surface area (Å²) in [5.74, 6) is 0. The first-order valence-electron chi connectivity index (χ1n) is 4.11. The van der Waals surface area contributed by atoms with Gasteiger partial charge in [0.25, 0.3) is 0 Å². The fourth-order valence-corrected chi connectivity index (χ4v) is 1.52. The molecule has 0 fully saturated rings. The molecule has 0 aliphatic heterocycles. The van der Waals surface area contributed by atoms with Crippen LogP contribution < -0.4 is 0 Å². The summed E-state index contributed by atoms with van der Waals surface area (Å²) in [6, 6.07) is 8.13. The molecule has 0 aliphatic rings. The van der Waals surface area contributed by atoms with Gasteiger partial charge in [-0.2, -0.15) is 0 Å². The maximum atomic E-state index is 4.27. The van der Waals surface area contributed by atoms with E-state index in [4.69, 9.17) is 0 Å². The minimum Gasteiger partial charge on any atom is -0.283 e. The number of benzene rings is 1. The van der Waals surface area contributed by atoms with Crippen molar-refractivity contribution in [2.24, 2.45) is 0 Å². The smallest absolute Gasteiger partial charge is 0.156 e. The molecule has 0 atom stereocenters. The quantitative estimate of drug-likeness (QED) is 0.514. The molecule has 0 bridgehead atoms. The van der Waals surface area contributed by atoms with Gasteiger partial charge in [-0.25, -0.2) is 9.97 Å². The van der Waals surface area contributed by atoms with Crippen molar-refractivity contribution in [2.75, 3.05) is 0 Å². The second-order valence-electron chi connectivity index (χ2n) is 2.94. The second-order valence-corrected chi connectivity index (χ2v) is 2.94. The third kappa shape index (κ3) is 0.839. The highest BCUT2D eigenvalue weighted by atomic mass is 15.0. The SMILES string of the molecule is c1ccc2c(c1)cnc1cncn12. The zero-order valence-electron chi connectivity index (χ0n) is 6.88. The predicted octanol–water partition coefficient (Wildman–Crippen LogP) is 1.88. The third-order valence-electron chi connectivity index (χ3n) is 2.15. The monoisotopic (exact) mass is 169 g/mol. The van der Waals surface area contributed by atoms with Crippen LogP contribution in [-0.4, -0.2) is 14.4 Å². The summed E-state index contributed by atoms with van der Waals surface area (Å²) in [7, 11) is 0. The van der Waals surface area contributed by atoms with Gasteiger partial charge < -0.3 is 0 Å². The van der Waals surface area contributed by atoms with E-state index in [1.165, 1.54) is 0 Å². The number of aromatic nitrogens is 3. The van der Waals surface area contributed by atoms with E-state index in [0.717, 1.165) is 16.6 Å². The van der Waals surface area contributed by atoms with E-state index in [1.807, 2.05) is 28.8 Å². The van der Waals surface area contributed by atoms with E-state index >= 15 is 0 Å². The molecule has 0 aliphatic carbocycles. The Balaban J connectivity index is 2.65. The molecular formula is C10H7N3. The molecule has 0 saturated carbocycles. The molecule has 3 nitrogen and oxygen atoms in total. The highest BCUT2D eigenvalue weighted by Gasteiger charge is 1.98. The van der Waals surface area contributed by atoms with Crippen LogP contribution in [0.3, 0.4) is 0 Å². The summed E-state index contributed by atoms with van der Waals surface area (Å²) in [6.07, 6.45) is 5.41. The number of rotatable bonds is 0. The molecule has 0 spiro atoms. The average Bonchev–Trinajstić information content (AvgIpc) is 2.65. The number of fused-ring (bicyclic) bond motifs is 3. The topological polar surface area (TPSA) is 30.2 Å². The van der Waals surface area contributed by atoms with Crippen LogP contribution in [0.15, 0.2) is 43.0 Å². The minimum absolute atomic E-state index is 0.888. The van der Waals surface area contributed by atoms with Gasteiger partial charge in [-0.1, -0.05) is 18.2 Å². The summed E-state index contributed by atoms with van der Waals surface area (Å²) in [4.78, 5) is 8.32. The van der Waals surface area contributed by atoms with Crippen LogP contribution in [0.1, 0.15) is 0 Å². The Kier molecular flexibility index (Phi) is 1.16. The van der Waals surface area contributed by atoms with Gasteiger partial charge in [0.15, 0.2) is 5.65 Å². The molecule has 0 unspecified atom stereocenters. The average molecular weight is 169 g/mol. The van der Waals surface area contributed by atoms with Crippen molar-refractivity contribution in [1.29, 1.82) is 0 Å². The lowest BCUT2D eigenvalue weighted by molar-refractivity contribution is 1.17. The van der Waals surface area contributed by atoms with Crippen LogP contribution in [-0.2, 0) is 0 Å². The maximum Gasteiger partial charge on any atom is 0.156 e. The van der Waals surface area contributed by atoms with Gasteiger partial charge in [-0.3, -0.25) is 4.40 Å². The second kappa shape index (κ2) is 2.29. The van der Waals surface area contributed by atoms with Crippen molar-refractivity contribution < 1.29 is 0 Å². The van der Waals surface area contributed by atoms with Crippen LogP contribution in [0, 0.1) is 0 Å². The lowest BCUT2D eigenvalue weighted by Crippen LogP contribution is -1.87. The number of hydrogen-bond acceptors (Lipinski definition) is 2. The molecule has 1 aromatic carbocycles. The number of hydrogen-bond donors (Lipinski definition) is 0. The highest BCUT2D eigenvalue weighted by molar-refractivity contribution is 5.80. The van der Waals surface area contributed by atoms with Crippen LogP contribution in [0.4, 0.5) is 0 Å².